The number of hydrogen-bond donors (Lipinski definition) is 0. The summed E-state index contributed by atoms with van der Waals surface area (Å²) in [4.78, 5) is 12.1. The van der Waals surface area contributed by atoms with E-state index in [2.05, 4.69) is 85.8 Å². The Kier molecular flexibility index (Phi) is 9.90. The van der Waals surface area contributed by atoms with Crippen LogP contribution in [0.15, 0.2) is 11.8 Å². The minimum Gasteiger partial charge on any atom is -0.547 e. The highest BCUT2D eigenvalue weighted by Gasteiger charge is 2.66. The van der Waals surface area contributed by atoms with E-state index >= 15 is 0 Å². The average Bonchev–Trinajstić information content (AvgIpc) is 3.19. The summed E-state index contributed by atoms with van der Waals surface area (Å²) in [5, 5.41) is 0. The van der Waals surface area contributed by atoms with Gasteiger partial charge in [-0.25, -0.2) is 0 Å². The summed E-state index contributed by atoms with van der Waals surface area (Å²) in [5.41, 5.74) is 0.313. The van der Waals surface area contributed by atoms with Crippen molar-refractivity contribution in [2.45, 2.75) is 143 Å². The predicted octanol–water partition coefficient (Wildman–Crippen LogP) is 9.24. The summed E-state index contributed by atoms with van der Waals surface area (Å²) in [6.07, 6.45) is 11.7. The van der Waals surface area contributed by atoms with Crippen LogP contribution in [0.4, 0.5) is 0 Å². The number of methoxy groups -OCH3 is 1. The van der Waals surface area contributed by atoms with Crippen LogP contribution in [0.3, 0.4) is 0 Å². The molecule has 0 aromatic heterocycles. The Balaban J connectivity index is 1.76. The Bertz CT molecular complexity index is 1010. The zero-order chi connectivity index (χ0) is 31.5. The standard InChI is InChI=1S/C34H64O5Si3/c1-23(14-17-31(35)36-4)26-15-16-27-32-28(22-30(34(26,27)3)39-42(11,12)13)33(2)19-18-25(37-40(5,6)7)20-24(33)21-29(32)38-41(8,9)10/h21,23-28,30,32H,14-20,22H2,1-13H3/t23-,24+,25-,26-,27?,28?,30+,32?,33+,34-/m1/s1. The lowest BCUT2D eigenvalue weighted by atomic mass is 9.45. The van der Waals surface area contributed by atoms with Crippen molar-refractivity contribution in [1.29, 1.82) is 0 Å². The van der Waals surface area contributed by atoms with Crippen LogP contribution >= 0.6 is 0 Å². The van der Waals surface area contributed by atoms with Gasteiger partial charge in [-0.1, -0.05) is 20.8 Å². The average molecular weight is 637 g/mol. The molecule has 3 unspecified atom stereocenters. The quantitative estimate of drug-likeness (QED) is 0.177. The van der Waals surface area contributed by atoms with Gasteiger partial charge in [0.05, 0.1) is 19.0 Å². The van der Waals surface area contributed by atoms with Crippen molar-refractivity contribution < 1.29 is 22.8 Å². The zero-order valence-corrected chi connectivity index (χ0v) is 32.4. The van der Waals surface area contributed by atoms with Gasteiger partial charge in [0.25, 0.3) is 0 Å². The van der Waals surface area contributed by atoms with Crippen LogP contribution in [-0.2, 0) is 22.8 Å². The van der Waals surface area contributed by atoms with E-state index in [1.54, 1.807) is 0 Å². The van der Waals surface area contributed by atoms with E-state index in [-0.39, 0.29) is 22.9 Å². The molecule has 0 aromatic rings. The first-order chi connectivity index (χ1) is 19.2. The lowest BCUT2D eigenvalue weighted by Gasteiger charge is -2.63. The fraction of sp³-hybridized carbons (Fsp3) is 0.912. The monoisotopic (exact) mass is 636 g/mol. The summed E-state index contributed by atoms with van der Waals surface area (Å²) >= 11 is 0. The normalized spacial score (nSPS) is 39.5. The van der Waals surface area contributed by atoms with Gasteiger partial charge in [0.1, 0.15) is 0 Å². The largest absolute Gasteiger partial charge is 0.547 e. The van der Waals surface area contributed by atoms with Crippen LogP contribution in [0.2, 0.25) is 58.9 Å². The highest BCUT2D eigenvalue weighted by molar-refractivity contribution is 6.70. The van der Waals surface area contributed by atoms with Gasteiger partial charge in [-0.3, -0.25) is 4.79 Å². The van der Waals surface area contributed by atoms with E-state index in [9.17, 15) is 4.79 Å². The van der Waals surface area contributed by atoms with Crippen LogP contribution in [0.25, 0.3) is 0 Å². The SMILES string of the molecule is COC(=O)CC[C@@H](C)[C@H]1CCC2C3C(O[Si](C)(C)C)=C[C@@H]4C[C@H](O[Si](C)(C)C)CC[C@]4(C)C3C[C@H](O[Si](C)(C)C)[C@@]21C. The molecule has 4 aliphatic rings. The van der Waals surface area contributed by atoms with Gasteiger partial charge >= 0.3 is 5.97 Å². The van der Waals surface area contributed by atoms with Crippen molar-refractivity contribution in [2.75, 3.05) is 7.11 Å². The van der Waals surface area contributed by atoms with Gasteiger partial charge in [0.2, 0.25) is 8.32 Å². The van der Waals surface area contributed by atoms with Crippen LogP contribution < -0.4 is 0 Å². The molecule has 5 nitrogen and oxygen atoms in total. The molecule has 10 atom stereocenters. The first-order valence-electron chi connectivity index (χ1n) is 17.0. The summed E-state index contributed by atoms with van der Waals surface area (Å²) < 4.78 is 26.2. The Morgan fingerprint density at radius 2 is 1.55 bits per heavy atom. The first kappa shape index (κ1) is 34.5. The molecule has 0 bridgehead atoms. The second-order valence-electron chi connectivity index (χ2n) is 17.9. The van der Waals surface area contributed by atoms with Gasteiger partial charge in [0.15, 0.2) is 16.6 Å². The van der Waals surface area contributed by atoms with Gasteiger partial charge in [-0.05, 0) is 150 Å². The third-order valence-electron chi connectivity index (χ3n) is 11.5. The summed E-state index contributed by atoms with van der Waals surface area (Å²) in [6.45, 7) is 28.7. The lowest BCUT2D eigenvalue weighted by molar-refractivity contribution is -0.148. The molecule has 4 rings (SSSR count). The number of hydrogen-bond acceptors (Lipinski definition) is 5. The number of ether oxygens (including phenoxy) is 1. The topological polar surface area (TPSA) is 54.0 Å². The molecule has 0 radical (unpaired) electrons. The van der Waals surface area contributed by atoms with Crippen LogP contribution in [0.1, 0.15) is 72.1 Å². The van der Waals surface area contributed by atoms with Crippen molar-refractivity contribution in [1.82, 2.24) is 0 Å². The van der Waals surface area contributed by atoms with Crippen molar-refractivity contribution in [3.8, 4) is 0 Å². The third kappa shape index (κ3) is 7.18. The molecular formula is C34H64O5Si3. The number of esters is 1. The minimum absolute atomic E-state index is 0.0697. The fourth-order valence-corrected chi connectivity index (χ4v) is 13.2. The molecule has 0 saturated heterocycles. The van der Waals surface area contributed by atoms with Crippen LogP contribution in [0, 0.1) is 46.3 Å². The van der Waals surface area contributed by atoms with E-state index in [4.69, 9.17) is 18.0 Å². The number of rotatable bonds is 10. The van der Waals surface area contributed by atoms with Crippen molar-refractivity contribution >= 4 is 30.9 Å². The Morgan fingerprint density at radius 1 is 0.905 bits per heavy atom. The molecule has 0 aliphatic heterocycles. The zero-order valence-electron chi connectivity index (χ0n) is 29.4. The van der Waals surface area contributed by atoms with E-state index in [1.807, 2.05) is 0 Å². The molecule has 0 aromatic carbocycles. The Labute approximate surface area is 261 Å². The van der Waals surface area contributed by atoms with E-state index in [0.717, 1.165) is 19.3 Å². The van der Waals surface area contributed by atoms with Gasteiger partial charge in [-0.2, -0.15) is 0 Å². The van der Waals surface area contributed by atoms with Crippen LogP contribution in [-0.4, -0.2) is 50.2 Å². The predicted molar refractivity (Wildman–Crippen MR) is 181 cm³/mol. The third-order valence-corrected chi connectivity index (χ3v) is 14.4. The summed E-state index contributed by atoms with van der Waals surface area (Å²) in [6, 6.07) is 0. The maximum absolute atomic E-state index is 12.1. The van der Waals surface area contributed by atoms with Gasteiger partial charge in [0, 0.05) is 18.4 Å². The van der Waals surface area contributed by atoms with E-state index in [1.165, 1.54) is 38.6 Å². The van der Waals surface area contributed by atoms with Gasteiger partial charge < -0.3 is 18.0 Å². The molecule has 242 valence electrons. The molecule has 4 aliphatic carbocycles. The first-order valence-corrected chi connectivity index (χ1v) is 27.2. The second kappa shape index (κ2) is 12.1. The second-order valence-corrected chi connectivity index (χ2v) is 31.2. The Morgan fingerprint density at radius 3 is 2.12 bits per heavy atom. The molecule has 42 heavy (non-hydrogen) atoms. The number of allylic oxidation sites excluding steroid dienone is 2. The molecular weight excluding hydrogens is 573 g/mol. The molecule has 0 spiro atoms. The van der Waals surface area contributed by atoms with E-state index in [0.29, 0.717) is 48.0 Å². The molecule has 3 saturated carbocycles. The summed E-state index contributed by atoms with van der Waals surface area (Å²) in [5.74, 6) is 4.28. The molecule has 0 N–H and O–H groups in total. The van der Waals surface area contributed by atoms with Crippen molar-refractivity contribution in [3.05, 3.63) is 11.8 Å². The summed E-state index contributed by atoms with van der Waals surface area (Å²) in [7, 11) is -3.72. The number of fused-ring (bicyclic) bond motifs is 5. The van der Waals surface area contributed by atoms with Crippen LogP contribution in [0.5, 0.6) is 0 Å². The minimum atomic E-state index is -1.82. The highest BCUT2D eigenvalue weighted by Crippen LogP contribution is 2.69. The number of carbonyl (C=O) groups is 1. The van der Waals surface area contributed by atoms with Crippen molar-refractivity contribution in [2.24, 2.45) is 46.3 Å². The van der Waals surface area contributed by atoms with Crippen molar-refractivity contribution in [3.63, 3.8) is 0 Å². The number of carbonyl (C=O) groups excluding carboxylic acids is 1. The molecule has 0 amide bonds. The lowest BCUT2D eigenvalue weighted by Crippen LogP contribution is -2.61. The fourth-order valence-electron chi connectivity index (χ4n) is 9.85. The van der Waals surface area contributed by atoms with E-state index < -0.39 is 25.0 Å². The molecule has 3 fully saturated rings. The molecule has 0 heterocycles. The maximum atomic E-state index is 12.1. The smallest absolute Gasteiger partial charge is 0.305 e. The van der Waals surface area contributed by atoms with Gasteiger partial charge in [-0.15, -0.1) is 0 Å². The Hall–Kier alpha value is -0.419. The molecule has 8 heteroatoms. The highest BCUT2D eigenvalue weighted by atomic mass is 28.4. The maximum Gasteiger partial charge on any atom is 0.305 e.